The number of carbonyl (C=O) groups excluding carboxylic acids is 2. The first-order chi connectivity index (χ1) is 20.4. The second kappa shape index (κ2) is 12.4. The van der Waals surface area contributed by atoms with Crippen LogP contribution in [0.15, 0.2) is 71.3 Å². The number of allylic oxidation sites excluding steroid dienone is 3. The monoisotopic (exact) mass is 582 g/mol. The first-order valence-corrected chi connectivity index (χ1v) is 14.1. The summed E-state index contributed by atoms with van der Waals surface area (Å²) in [5, 5.41) is 25.1. The first-order valence-electron chi connectivity index (χ1n) is 14.1. The Morgan fingerprint density at radius 3 is 1.53 bits per heavy atom. The van der Waals surface area contributed by atoms with E-state index in [1.807, 2.05) is 26.0 Å². The number of aliphatic hydroxyl groups excluding tert-OH is 1. The van der Waals surface area contributed by atoms with Crippen LogP contribution < -0.4 is 10.6 Å². The lowest BCUT2D eigenvalue weighted by atomic mass is 9.98. The Balaban J connectivity index is 1.81. The Morgan fingerprint density at radius 1 is 0.744 bits per heavy atom. The minimum Gasteiger partial charge on any atom is -0.513 e. The highest BCUT2D eigenvalue weighted by Gasteiger charge is 2.25. The van der Waals surface area contributed by atoms with E-state index in [2.05, 4.69) is 40.3 Å². The van der Waals surface area contributed by atoms with Crippen LogP contribution in [0.25, 0.3) is 12.2 Å². The normalized spacial score (nSPS) is 16.8. The minimum absolute atomic E-state index is 0.0383. The zero-order valence-corrected chi connectivity index (χ0v) is 25.1. The molecule has 0 fully saturated rings. The number of hydrogen-bond donors (Lipinski definition) is 6. The van der Waals surface area contributed by atoms with Crippen molar-refractivity contribution in [1.29, 1.82) is 0 Å². The van der Waals surface area contributed by atoms with Crippen LogP contribution in [0.2, 0.25) is 0 Å². The lowest BCUT2D eigenvalue weighted by Gasteiger charge is -2.08. The summed E-state index contributed by atoms with van der Waals surface area (Å²) in [5.41, 5.74) is 11.0. The van der Waals surface area contributed by atoms with Crippen molar-refractivity contribution in [3.63, 3.8) is 0 Å². The first kappa shape index (κ1) is 30.9. The third kappa shape index (κ3) is 6.25. The highest BCUT2D eigenvalue weighted by atomic mass is 16.4. The number of carboxylic acid groups (broad SMARTS) is 1. The standard InChI is InChI=1S/C34H38N4O5/c1-8-22-20(6)33(42)37-28(22)14-26-18(4)24(11-10-17(3)39)30(35-26)16-31-25(12-13-32(40)41)19(5)27(36-31)15-29-23(9-2)21(7)34(43)38-29/h8-9,14-15,35-36,39H,1-3,10-13,16H2,4-7H3,(H,37,42)(H,38,43)(H,40,41)/b28-14-,29-15-. The smallest absolute Gasteiger partial charge is 0.303 e. The molecule has 0 saturated heterocycles. The molecule has 0 atom stereocenters. The molecule has 4 rings (SSSR count). The van der Waals surface area contributed by atoms with E-state index in [-0.39, 0.29) is 24.0 Å². The van der Waals surface area contributed by atoms with E-state index in [1.165, 1.54) is 0 Å². The van der Waals surface area contributed by atoms with Crippen LogP contribution in [0.1, 0.15) is 71.7 Å². The number of aromatic nitrogens is 2. The molecule has 0 radical (unpaired) electrons. The number of carboxylic acids is 1. The Labute approximate surface area is 251 Å². The minimum atomic E-state index is -0.895. The van der Waals surface area contributed by atoms with E-state index in [0.717, 1.165) is 56.2 Å². The zero-order chi connectivity index (χ0) is 31.6. The van der Waals surface area contributed by atoms with Crippen LogP contribution in [0, 0.1) is 13.8 Å². The van der Waals surface area contributed by atoms with Gasteiger partial charge in [0, 0.05) is 64.3 Å². The van der Waals surface area contributed by atoms with Gasteiger partial charge in [0.05, 0.1) is 17.2 Å². The van der Waals surface area contributed by atoms with Gasteiger partial charge in [0.2, 0.25) is 0 Å². The second-order valence-corrected chi connectivity index (χ2v) is 10.9. The molecular weight excluding hydrogens is 544 g/mol. The predicted octanol–water partition coefficient (Wildman–Crippen LogP) is 5.52. The number of rotatable bonds is 12. The molecule has 2 amide bonds. The molecule has 9 heteroatoms. The lowest BCUT2D eigenvalue weighted by Crippen LogP contribution is -2.15. The molecule has 9 nitrogen and oxygen atoms in total. The largest absolute Gasteiger partial charge is 0.513 e. The SMILES string of the molecule is C=CC1=C(C)C(=O)N/C1=C\c1[nH]c(Cc2[nH]c(/C=C3\NC(=O)C(C)=C3C=C)c(C)c2CCC(=O)O)c(CCC(=C)O)c1C. The quantitative estimate of drug-likeness (QED) is 0.182. The molecular formula is C34H38N4O5. The summed E-state index contributed by atoms with van der Waals surface area (Å²) in [5.74, 6) is -1.17. The molecule has 2 aliphatic heterocycles. The van der Waals surface area contributed by atoms with E-state index in [0.29, 0.717) is 48.2 Å². The van der Waals surface area contributed by atoms with Crippen molar-refractivity contribution >= 4 is 29.9 Å². The molecule has 43 heavy (non-hydrogen) atoms. The summed E-state index contributed by atoms with van der Waals surface area (Å²) >= 11 is 0. The Bertz CT molecular complexity index is 1580. The number of carbonyl (C=O) groups is 3. The molecule has 0 bridgehead atoms. The van der Waals surface area contributed by atoms with E-state index < -0.39 is 5.97 Å². The molecule has 2 aromatic heterocycles. The topological polar surface area (TPSA) is 147 Å². The fourth-order valence-corrected chi connectivity index (χ4v) is 5.64. The summed E-state index contributed by atoms with van der Waals surface area (Å²) < 4.78 is 0. The van der Waals surface area contributed by atoms with Gasteiger partial charge >= 0.3 is 5.97 Å². The average Bonchev–Trinajstić information content (AvgIpc) is 3.59. The summed E-state index contributed by atoms with van der Waals surface area (Å²) in [4.78, 5) is 43.2. The van der Waals surface area contributed by atoms with Crippen LogP contribution in [-0.4, -0.2) is 38.0 Å². The Morgan fingerprint density at radius 2 is 1.16 bits per heavy atom. The maximum atomic E-state index is 12.3. The molecule has 2 aromatic rings. The van der Waals surface area contributed by atoms with Gasteiger partial charge in [0.1, 0.15) is 0 Å². The molecule has 0 aliphatic carbocycles. The van der Waals surface area contributed by atoms with Crippen molar-refractivity contribution in [3.8, 4) is 0 Å². The number of aliphatic carboxylic acids is 1. The molecule has 2 aliphatic rings. The van der Waals surface area contributed by atoms with E-state index in [1.54, 1.807) is 26.0 Å². The fraction of sp³-hybridized carbons (Fsp3) is 0.265. The zero-order valence-electron chi connectivity index (χ0n) is 25.1. The average molecular weight is 583 g/mol. The van der Waals surface area contributed by atoms with Gasteiger partial charge in [-0.2, -0.15) is 0 Å². The van der Waals surface area contributed by atoms with Gasteiger partial charge in [0.15, 0.2) is 0 Å². The van der Waals surface area contributed by atoms with Gasteiger partial charge in [-0.15, -0.1) is 0 Å². The maximum absolute atomic E-state index is 12.3. The number of hydrogen-bond acceptors (Lipinski definition) is 4. The van der Waals surface area contributed by atoms with Crippen LogP contribution >= 0.6 is 0 Å². The highest BCUT2D eigenvalue weighted by Crippen LogP contribution is 2.32. The van der Waals surface area contributed by atoms with Crippen molar-refractivity contribution in [3.05, 3.63) is 116 Å². The van der Waals surface area contributed by atoms with Gasteiger partial charge in [-0.25, -0.2) is 0 Å². The molecule has 224 valence electrons. The molecule has 0 spiro atoms. The van der Waals surface area contributed by atoms with E-state index in [9.17, 15) is 24.6 Å². The summed E-state index contributed by atoms with van der Waals surface area (Å²) in [6.45, 7) is 18.8. The molecule has 6 N–H and O–H groups in total. The summed E-state index contributed by atoms with van der Waals surface area (Å²) in [7, 11) is 0. The predicted molar refractivity (Wildman–Crippen MR) is 168 cm³/mol. The number of nitrogens with one attached hydrogen (secondary N) is 4. The third-order valence-corrected chi connectivity index (χ3v) is 8.17. The van der Waals surface area contributed by atoms with Gasteiger partial charge in [-0.1, -0.05) is 31.9 Å². The number of aromatic amines is 2. The number of aliphatic hydroxyl groups is 1. The van der Waals surface area contributed by atoms with Crippen molar-refractivity contribution in [2.75, 3.05) is 0 Å². The molecule has 4 heterocycles. The second-order valence-electron chi connectivity index (χ2n) is 10.9. The van der Waals surface area contributed by atoms with Crippen molar-refractivity contribution in [2.24, 2.45) is 0 Å². The highest BCUT2D eigenvalue weighted by molar-refractivity contribution is 6.02. The van der Waals surface area contributed by atoms with Crippen LogP contribution in [-0.2, 0) is 33.6 Å². The lowest BCUT2D eigenvalue weighted by molar-refractivity contribution is -0.137. The number of amides is 2. The molecule has 0 unspecified atom stereocenters. The Hall–Kier alpha value is -5.05. The molecule has 0 aromatic carbocycles. The van der Waals surface area contributed by atoms with Crippen molar-refractivity contribution < 1.29 is 24.6 Å². The van der Waals surface area contributed by atoms with Gasteiger partial charge in [-0.05, 0) is 74.9 Å². The van der Waals surface area contributed by atoms with Crippen molar-refractivity contribution in [2.45, 2.75) is 59.8 Å². The van der Waals surface area contributed by atoms with Crippen LogP contribution in [0.4, 0.5) is 0 Å². The maximum Gasteiger partial charge on any atom is 0.303 e. The Kier molecular flexibility index (Phi) is 8.94. The fourth-order valence-electron chi connectivity index (χ4n) is 5.64. The van der Waals surface area contributed by atoms with E-state index >= 15 is 0 Å². The van der Waals surface area contributed by atoms with Gasteiger partial charge < -0.3 is 30.8 Å². The van der Waals surface area contributed by atoms with E-state index in [4.69, 9.17) is 0 Å². The van der Waals surface area contributed by atoms with Gasteiger partial charge in [-0.3, -0.25) is 14.4 Å². The van der Waals surface area contributed by atoms with Crippen LogP contribution in [0.3, 0.4) is 0 Å². The summed E-state index contributed by atoms with van der Waals surface area (Å²) in [6, 6.07) is 0. The third-order valence-electron chi connectivity index (χ3n) is 8.17. The molecule has 0 saturated carbocycles. The van der Waals surface area contributed by atoms with Crippen LogP contribution in [0.5, 0.6) is 0 Å². The van der Waals surface area contributed by atoms with Gasteiger partial charge in [0.25, 0.3) is 11.8 Å². The summed E-state index contributed by atoms with van der Waals surface area (Å²) in [6.07, 6.45) is 8.66. The van der Waals surface area contributed by atoms with Crippen molar-refractivity contribution in [1.82, 2.24) is 20.6 Å². The number of H-pyrrole nitrogens is 2.